The van der Waals surface area contributed by atoms with Gasteiger partial charge in [0.1, 0.15) is 6.04 Å². The molecule has 2 amide bonds. The first-order valence-electron chi connectivity index (χ1n) is 10.8. The summed E-state index contributed by atoms with van der Waals surface area (Å²) in [6, 6.07) is 13.5. The van der Waals surface area contributed by atoms with Crippen LogP contribution < -0.4 is 9.62 Å². The molecule has 0 saturated carbocycles. The third kappa shape index (κ3) is 5.55. The second kappa shape index (κ2) is 9.83. The van der Waals surface area contributed by atoms with Gasteiger partial charge in [0, 0.05) is 32.7 Å². The van der Waals surface area contributed by atoms with Crippen molar-refractivity contribution in [3.05, 3.63) is 59.7 Å². The Balaban J connectivity index is 1.80. The van der Waals surface area contributed by atoms with E-state index in [1.807, 2.05) is 44.2 Å². The second-order valence-electron chi connectivity index (χ2n) is 8.69. The zero-order valence-corrected chi connectivity index (χ0v) is 19.9. The highest BCUT2D eigenvalue weighted by atomic mass is 32.2. The van der Waals surface area contributed by atoms with Crippen LogP contribution in [0, 0.1) is 5.92 Å². The van der Waals surface area contributed by atoms with Crippen LogP contribution >= 0.6 is 0 Å². The number of rotatable bonds is 8. The molecular formula is C24H31N3O4S. The van der Waals surface area contributed by atoms with Gasteiger partial charge < -0.3 is 9.80 Å². The van der Waals surface area contributed by atoms with Gasteiger partial charge in [0.15, 0.2) is 0 Å². The van der Waals surface area contributed by atoms with E-state index in [2.05, 4.69) is 4.72 Å². The minimum absolute atomic E-state index is 0.0680. The predicted molar refractivity (Wildman–Crippen MR) is 125 cm³/mol. The number of hydrogen-bond donors (Lipinski definition) is 1. The van der Waals surface area contributed by atoms with Crippen molar-refractivity contribution in [3.8, 4) is 0 Å². The maximum Gasteiger partial charge on any atom is 0.241 e. The number of sulfonamides is 1. The minimum atomic E-state index is -3.92. The maximum absolute atomic E-state index is 13.2. The van der Waals surface area contributed by atoms with Crippen molar-refractivity contribution in [2.45, 2.75) is 51.1 Å². The Morgan fingerprint density at radius 1 is 1.12 bits per heavy atom. The summed E-state index contributed by atoms with van der Waals surface area (Å²) in [6.45, 7) is 6.35. The number of carbonyl (C=O) groups excluding carboxylic acids is 2. The van der Waals surface area contributed by atoms with Gasteiger partial charge in [0.05, 0.1) is 4.90 Å². The van der Waals surface area contributed by atoms with Gasteiger partial charge in [0.25, 0.3) is 0 Å². The van der Waals surface area contributed by atoms with Gasteiger partial charge in [-0.05, 0) is 48.1 Å². The molecule has 1 atom stereocenters. The summed E-state index contributed by atoms with van der Waals surface area (Å²) in [4.78, 5) is 28.2. The van der Waals surface area contributed by atoms with Crippen molar-refractivity contribution in [2.75, 3.05) is 18.5 Å². The van der Waals surface area contributed by atoms with Crippen LogP contribution in [0.15, 0.2) is 53.4 Å². The number of nitrogens with zero attached hydrogens (tertiary/aromatic N) is 2. The highest BCUT2D eigenvalue weighted by molar-refractivity contribution is 7.89. The molecule has 1 N–H and O–H groups in total. The maximum atomic E-state index is 13.2. The standard InChI is InChI=1S/C24H31N3O4S/c1-17(2)14-22(24(29)26(4)16-19-8-6-5-7-9-19)25-32(30,31)21-10-11-23-20(15-21)12-13-27(23)18(3)28/h5-11,15,17,22,25H,12-14,16H2,1-4H3/t22-/m1/s1. The molecule has 172 valence electrons. The van der Waals surface area contributed by atoms with Crippen molar-refractivity contribution >= 4 is 27.5 Å². The van der Waals surface area contributed by atoms with Crippen LogP contribution in [-0.4, -0.2) is 44.8 Å². The molecule has 2 aromatic rings. The van der Waals surface area contributed by atoms with E-state index in [4.69, 9.17) is 0 Å². The molecular weight excluding hydrogens is 426 g/mol. The minimum Gasteiger partial charge on any atom is -0.340 e. The van der Waals surface area contributed by atoms with Crippen LogP contribution in [0.3, 0.4) is 0 Å². The van der Waals surface area contributed by atoms with Crippen LogP contribution in [0.5, 0.6) is 0 Å². The van der Waals surface area contributed by atoms with E-state index in [9.17, 15) is 18.0 Å². The Kier molecular flexibility index (Phi) is 7.36. The Morgan fingerprint density at radius 2 is 1.81 bits per heavy atom. The molecule has 8 heteroatoms. The van der Waals surface area contributed by atoms with Gasteiger partial charge in [0.2, 0.25) is 21.8 Å². The number of benzene rings is 2. The molecule has 1 aliphatic heterocycles. The third-order valence-corrected chi connectivity index (χ3v) is 7.05. The quantitative estimate of drug-likeness (QED) is 0.660. The summed E-state index contributed by atoms with van der Waals surface area (Å²) in [5.74, 6) is -0.211. The van der Waals surface area contributed by atoms with Crippen molar-refractivity contribution in [1.29, 1.82) is 0 Å². The highest BCUT2D eigenvalue weighted by Crippen LogP contribution is 2.30. The normalized spacial score (nSPS) is 14.3. The lowest BCUT2D eigenvalue weighted by atomic mass is 10.0. The molecule has 0 bridgehead atoms. The molecule has 0 aromatic heterocycles. The Hall–Kier alpha value is -2.71. The van der Waals surface area contributed by atoms with Crippen LogP contribution in [0.2, 0.25) is 0 Å². The van der Waals surface area contributed by atoms with Gasteiger partial charge in [-0.2, -0.15) is 4.72 Å². The second-order valence-corrected chi connectivity index (χ2v) is 10.4. The molecule has 0 spiro atoms. The summed E-state index contributed by atoms with van der Waals surface area (Å²) in [5.41, 5.74) is 2.54. The topological polar surface area (TPSA) is 86.8 Å². The van der Waals surface area contributed by atoms with Crippen LogP contribution in [0.25, 0.3) is 0 Å². The largest absolute Gasteiger partial charge is 0.340 e. The summed E-state index contributed by atoms with van der Waals surface area (Å²) in [7, 11) is -2.23. The average Bonchev–Trinajstić information content (AvgIpc) is 3.16. The average molecular weight is 458 g/mol. The molecule has 0 fully saturated rings. The van der Waals surface area contributed by atoms with Gasteiger partial charge >= 0.3 is 0 Å². The molecule has 2 aromatic carbocycles. The monoisotopic (exact) mass is 457 g/mol. The molecule has 1 aliphatic rings. The lowest BCUT2D eigenvalue weighted by molar-refractivity contribution is -0.132. The number of carbonyl (C=O) groups is 2. The molecule has 0 unspecified atom stereocenters. The summed E-state index contributed by atoms with van der Waals surface area (Å²) >= 11 is 0. The number of nitrogens with one attached hydrogen (secondary N) is 1. The summed E-state index contributed by atoms with van der Waals surface area (Å²) < 4.78 is 29.0. The fourth-order valence-electron chi connectivity index (χ4n) is 4.00. The van der Waals surface area contributed by atoms with Gasteiger partial charge in [-0.3, -0.25) is 9.59 Å². The number of anilines is 1. The van der Waals surface area contributed by atoms with Crippen LogP contribution in [-0.2, 0) is 32.6 Å². The zero-order chi connectivity index (χ0) is 23.5. The fourth-order valence-corrected chi connectivity index (χ4v) is 5.25. The molecule has 1 heterocycles. The van der Waals surface area contributed by atoms with E-state index in [1.165, 1.54) is 13.0 Å². The van der Waals surface area contributed by atoms with Crippen molar-refractivity contribution < 1.29 is 18.0 Å². The molecule has 0 aliphatic carbocycles. The lowest BCUT2D eigenvalue weighted by Gasteiger charge is -2.26. The van der Waals surface area contributed by atoms with E-state index < -0.39 is 16.1 Å². The Morgan fingerprint density at radius 3 is 2.44 bits per heavy atom. The smallest absolute Gasteiger partial charge is 0.241 e. The number of hydrogen-bond acceptors (Lipinski definition) is 4. The van der Waals surface area contributed by atoms with E-state index >= 15 is 0 Å². The lowest BCUT2D eigenvalue weighted by Crippen LogP contribution is -2.47. The first-order chi connectivity index (χ1) is 15.1. The number of amides is 2. The summed E-state index contributed by atoms with van der Waals surface area (Å²) in [5, 5.41) is 0. The van der Waals surface area contributed by atoms with E-state index in [0.717, 1.165) is 16.8 Å². The van der Waals surface area contributed by atoms with E-state index in [1.54, 1.807) is 29.0 Å². The SMILES string of the molecule is CC(=O)N1CCc2cc(S(=O)(=O)N[C@H](CC(C)C)C(=O)N(C)Cc3ccccc3)ccc21. The van der Waals surface area contributed by atoms with Crippen molar-refractivity contribution in [2.24, 2.45) is 5.92 Å². The first kappa shape index (κ1) is 23.9. The zero-order valence-electron chi connectivity index (χ0n) is 19.0. The van der Waals surface area contributed by atoms with Gasteiger partial charge in [-0.1, -0.05) is 44.2 Å². The van der Waals surface area contributed by atoms with Crippen molar-refractivity contribution in [3.63, 3.8) is 0 Å². The Bertz CT molecular complexity index is 1080. The first-order valence-corrected chi connectivity index (χ1v) is 12.3. The van der Waals surface area contributed by atoms with E-state index in [0.29, 0.717) is 25.9 Å². The van der Waals surface area contributed by atoms with Gasteiger partial charge in [-0.25, -0.2) is 8.42 Å². The third-order valence-electron chi connectivity index (χ3n) is 5.58. The fraction of sp³-hybridized carbons (Fsp3) is 0.417. The molecule has 0 saturated heterocycles. The molecule has 32 heavy (non-hydrogen) atoms. The molecule has 3 rings (SSSR count). The molecule has 7 nitrogen and oxygen atoms in total. The predicted octanol–water partition coefficient (Wildman–Crippen LogP) is 2.95. The number of likely N-dealkylation sites (N-methyl/N-ethyl adjacent to an activating group) is 1. The Labute approximate surface area is 190 Å². The van der Waals surface area contributed by atoms with E-state index in [-0.39, 0.29) is 22.6 Å². The highest BCUT2D eigenvalue weighted by Gasteiger charge is 2.30. The van der Waals surface area contributed by atoms with Crippen molar-refractivity contribution in [1.82, 2.24) is 9.62 Å². The molecule has 0 radical (unpaired) electrons. The number of fused-ring (bicyclic) bond motifs is 1. The van der Waals surface area contributed by atoms with Gasteiger partial charge in [-0.15, -0.1) is 0 Å². The van der Waals surface area contributed by atoms with Crippen LogP contribution in [0.4, 0.5) is 5.69 Å². The van der Waals surface area contributed by atoms with Crippen LogP contribution in [0.1, 0.15) is 38.3 Å². The summed E-state index contributed by atoms with van der Waals surface area (Å²) in [6.07, 6.45) is 0.993.